The van der Waals surface area contributed by atoms with Gasteiger partial charge in [0.1, 0.15) is 0 Å². The normalized spacial score (nSPS) is 17.3. The number of rotatable bonds is 8. The average Bonchev–Trinajstić information content (AvgIpc) is 2.61. The number of amides is 2. The van der Waals surface area contributed by atoms with Crippen molar-refractivity contribution in [2.45, 2.75) is 19.9 Å². The first-order valence-electron chi connectivity index (χ1n) is 8.46. The van der Waals surface area contributed by atoms with Crippen LogP contribution in [-0.4, -0.2) is 54.9 Å². The Hall–Kier alpha value is -2.38. The molecular formula is C18H25N3O4. The van der Waals surface area contributed by atoms with Crippen molar-refractivity contribution in [1.29, 1.82) is 0 Å². The van der Waals surface area contributed by atoms with Gasteiger partial charge in [0, 0.05) is 18.8 Å². The van der Waals surface area contributed by atoms with Crippen molar-refractivity contribution in [2.24, 2.45) is 0 Å². The van der Waals surface area contributed by atoms with Crippen LogP contribution in [0.5, 0.6) is 0 Å². The number of nitrogens with one attached hydrogen (secondary N) is 2. The van der Waals surface area contributed by atoms with Crippen molar-refractivity contribution >= 4 is 12.0 Å². The topological polar surface area (TPSA) is 90.9 Å². The Kier molecular flexibility index (Phi) is 6.97. The number of aliphatic hydroxyl groups excluding tert-OH is 1. The zero-order chi connectivity index (χ0) is 18.2. The van der Waals surface area contributed by atoms with Crippen LogP contribution in [0.15, 0.2) is 41.6 Å². The number of likely N-dealkylation sites (N-methyl/N-ethyl adjacent to an activating group) is 1. The molecule has 2 rings (SSSR count). The Labute approximate surface area is 147 Å². The standard InChI is InChI=1S/C18H25N3O4/c1-3-21(10-11-22)12-14-15(17(23)25-4-2)16(20-18(24)19-14)13-8-6-5-7-9-13/h5-9,16,22H,3-4,10-12H2,1-2H3,(H2,19,20,24)/t16-/m1/s1. The van der Waals surface area contributed by atoms with Crippen LogP contribution in [0.3, 0.4) is 0 Å². The fraction of sp³-hybridized carbons (Fsp3) is 0.444. The maximum Gasteiger partial charge on any atom is 0.338 e. The Morgan fingerprint density at radius 3 is 2.60 bits per heavy atom. The van der Waals surface area contributed by atoms with Crippen LogP contribution in [-0.2, 0) is 9.53 Å². The number of benzene rings is 1. The van der Waals surface area contributed by atoms with Crippen LogP contribution in [0.25, 0.3) is 0 Å². The quantitative estimate of drug-likeness (QED) is 0.614. The number of urea groups is 1. The van der Waals surface area contributed by atoms with Crippen molar-refractivity contribution < 1.29 is 19.4 Å². The summed E-state index contributed by atoms with van der Waals surface area (Å²) < 4.78 is 5.22. The minimum atomic E-state index is -0.572. The molecule has 0 radical (unpaired) electrons. The molecule has 0 aliphatic carbocycles. The van der Waals surface area contributed by atoms with E-state index in [1.54, 1.807) is 6.92 Å². The lowest BCUT2D eigenvalue weighted by molar-refractivity contribution is -0.139. The predicted molar refractivity (Wildman–Crippen MR) is 93.7 cm³/mol. The number of hydrogen-bond acceptors (Lipinski definition) is 5. The number of hydrogen-bond donors (Lipinski definition) is 3. The van der Waals surface area contributed by atoms with Gasteiger partial charge in [0.05, 0.1) is 24.8 Å². The van der Waals surface area contributed by atoms with Crippen molar-refractivity contribution in [3.8, 4) is 0 Å². The molecule has 0 saturated heterocycles. The summed E-state index contributed by atoms with van der Waals surface area (Å²) in [5, 5.41) is 14.7. The molecule has 0 saturated carbocycles. The Morgan fingerprint density at radius 1 is 1.28 bits per heavy atom. The summed E-state index contributed by atoms with van der Waals surface area (Å²) in [6.45, 7) is 5.44. The van der Waals surface area contributed by atoms with E-state index in [-0.39, 0.29) is 19.2 Å². The van der Waals surface area contributed by atoms with Crippen molar-refractivity contribution in [2.75, 3.05) is 32.8 Å². The first kappa shape index (κ1) is 19.0. The molecule has 0 fully saturated rings. The molecule has 0 spiro atoms. The van der Waals surface area contributed by atoms with E-state index >= 15 is 0 Å². The summed E-state index contributed by atoms with van der Waals surface area (Å²) in [4.78, 5) is 26.7. The molecule has 0 bridgehead atoms. The van der Waals surface area contributed by atoms with Gasteiger partial charge in [0.25, 0.3) is 0 Å². The number of carbonyl (C=O) groups is 2. The van der Waals surface area contributed by atoms with Gasteiger partial charge in [-0.05, 0) is 19.0 Å². The Morgan fingerprint density at radius 2 is 2.00 bits per heavy atom. The smallest absolute Gasteiger partial charge is 0.338 e. The van der Waals surface area contributed by atoms with E-state index < -0.39 is 12.0 Å². The molecule has 1 aliphatic heterocycles. The number of nitrogens with zero attached hydrogens (tertiary/aromatic N) is 1. The number of esters is 1. The molecule has 1 atom stereocenters. The maximum absolute atomic E-state index is 12.6. The minimum Gasteiger partial charge on any atom is -0.463 e. The van der Waals surface area contributed by atoms with Gasteiger partial charge in [-0.3, -0.25) is 4.90 Å². The van der Waals surface area contributed by atoms with Crippen LogP contribution in [0, 0.1) is 0 Å². The van der Waals surface area contributed by atoms with Gasteiger partial charge in [0.15, 0.2) is 0 Å². The highest BCUT2D eigenvalue weighted by Gasteiger charge is 2.34. The first-order valence-corrected chi connectivity index (χ1v) is 8.46. The van der Waals surface area contributed by atoms with Crippen LogP contribution in [0.4, 0.5) is 4.79 Å². The van der Waals surface area contributed by atoms with E-state index in [1.807, 2.05) is 42.2 Å². The number of ether oxygens (including phenoxy) is 1. The third-order valence-corrected chi connectivity index (χ3v) is 4.03. The molecule has 25 heavy (non-hydrogen) atoms. The molecule has 7 nitrogen and oxygen atoms in total. The highest BCUT2D eigenvalue weighted by molar-refractivity contribution is 5.95. The van der Waals surface area contributed by atoms with E-state index in [0.717, 1.165) is 5.56 Å². The number of aliphatic hydroxyl groups is 1. The number of carbonyl (C=O) groups excluding carboxylic acids is 2. The van der Waals surface area contributed by atoms with Crippen molar-refractivity contribution in [1.82, 2.24) is 15.5 Å². The highest BCUT2D eigenvalue weighted by atomic mass is 16.5. The molecular weight excluding hydrogens is 322 g/mol. The molecule has 0 unspecified atom stereocenters. The third kappa shape index (κ3) is 4.80. The summed E-state index contributed by atoms with van der Waals surface area (Å²) in [7, 11) is 0. The van der Waals surface area contributed by atoms with Crippen molar-refractivity contribution in [3.05, 3.63) is 47.2 Å². The first-order chi connectivity index (χ1) is 12.1. The lowest BCUT2D eigenvalue weighted by atomic mass is 9.95. The van der Waals surface area contributed by atoms with Gasteiger partial charge >= 0.3 is 12.0 Å². The molecule has 1 aromatic rings. The Balaban J connectivity index is 2.44. The van der Waals surface area contributed by atoms with Gasteiger partial charge in [0.2, 0.25) is 0 Å². The van der Waals surface area contributed by atoms with Gasteiger partial charge < -0.3 is 20.5 Å². The van der Waals surface area contributed by atoms with Gasteiger partial charge in [-0.25, -0.2) is 9.59 Å². The zero-order valence-corrected chi connectivity index (χ0v) is 14.6. The summed E-state index contributed by atoms with van der Waals surface area (Å²) in [6.07, 6.45) is 0. The second-order valence-corrected chi connectivity index (χ2v) is 5.65. The zero-order valence-electron chi connectivity index (χ0n) is 14.6. The molecule has 0 aromatic heterocycles. The summed E-state index contributed by atoms with van der Waals surface area (Å²) in [5.41, 5.74) is 1.71. The van der Waals surface area contributed by atoms with E-state index in [9.17, 15) is 14.7 Å². The molecule has 136 valence electrons. The van der Waals surface area contributed by atoms with Crippen LogP contribution >= 0.6 is 0 Å². The summed E-state index contributed by atoms with van der Waals surface area (Å²) in [6, 6.07) is 8.37. The molecule has 3 N–H and O–H groups in total. The highest BCUT2D eigenvalue weighted by Crippen LogP contribution is 2.28. The van der Waals surface area contributed by atoms with Gasteiger partial charge in [-0.2, -0.15) is 0 Å². The largest absolute Gasteiger partial charge is 0.463 e. The van der Waals surface area contributed by atoms with E-state index in [1.165, 1.54) is 0 Å². The lowest BCUT2D eigenvalue weighted by Gasteiger charge is -2.31. The predicted octanol–water partition coefficient (Wildman–Crippen LogP) is 1.17. The van der Waals surface area contributed by atoms with Gasteiger partial charge in [-0.1, -0.05) is 37.3 Å². The fourth-order valence-corrected chi connectivity index (χ4v) is 2.80. The molecule has 2 amide bonds. The molecule has 1 aromatic carbocycles. The van der Waals surface area contributed by atoms with E-state index in [4.69, 9.17) is 4.74 Å². The van der Waals surface area contributed by atoms with E-state index in [2.05, 4.69) is 10.6 Å². The fourth-order valence-electron chi connectivity index (χ4n) is 2.80. The van der Waals surface area contributed by atoms with E-state index in [0.29, 0.717) is 30.9 Å². The third-order valence-electron chi connectivity index (χ3n) is 4.03. The monoisotopic (exact) mass is 347 g/mol. The van der Waals surface area contributed by atoms with Gasteiger partial charge in [-0.15, -0.1) is 0 Å². The minimum absolute atomic E-state index is 0.00414. The molecule has 1 heterocycles. The Bertz CT molecular complexity index is 630. The van der Waals surface area contributed by atoms with Crippen molar-refractivity contribution in [3.63, 3.8) is 0 Å². The second kappa shape index (κ2) is 9.19. The maximum atomic E-state index is 12.6. The van der Waals surface area contributed by atoms with Crippen LogP contribution < -0.4 is 10.6 Å². The summed E-state index contributed by atoms with van der Waals surface area (Å²) in [5.74, 6) is -0.459. The molecule has 1 aliphatic rings. The summed E-state index contributed by atoms with van der Waals surface area (Å²) >= 11 is 0. The average molecular weight is 347 g/mol. The SMILES string of the molecule is CCOC(=O)C1=C(CN(CC)CCO)NC(=O)N[C@@H]1c1ccccc1. The lowest BCUT2D eigenvalue weighted by Crippen LogP contribution is -2.48. The second-order valence-electron chi connectivity index (χ2n) is 5.65. The van der Waals surface area contributed by atoms with Crippen LogP contribution in [0.2, 0.25) is 0 Å². The molecule has 7 heteroatoms. The van der Waals surface area contributed by atoms with Crippen LogP contribution in [0.1, 0.15) is 25.5 Å².